The first kappa shape index (κ1) is 11.5. The summed E-state index contributed by atoms with van der Waals surface area (Å²) < 4.78 is 2.02. The van der Waals surface area contributed by atoms with Gasteiger partial charge in [-0.25, -0.2) is 4.68 Å². The standard InChI is InChI=1S/C11H21N5/c1-4-8-12-9(2)10-13-14-15-16(10)11(3)6-5-7-11/h9,12H,4-8H2,1-3H3. The highest BCUT2D eigenvalue weighted by Crippen LogP contribution is 2.38. The van der Waals surface area contributed by atoms with Crippen LogP contribution >= 0.6 is 0 Å². The van der Waals surface area contributed by atoms with E-state index < -0.39 is 0 Å². The fourth-order valence-electron chi connectivity index (χ4n) is 2.20. The van der Waals surface area contributed by atoms with Crippen LogP contribution in [0, 0.1) is 0 Å². The molecule has 1 atom stereocenters. The molecule has 1 aromatic rings. The maximum Gasteiger partial charge on any atom is 0.168 e. The molecule has 0 bridgehead atoms. The molecular weight excluding hydrogens is 202 g/mol. The van der Waals surface area contributed by atoms with Crippen LogP contribution in [0.2, 0.25) is 0 Å². The summed E-state index contributed by atoms with van der Waals surface area (Å²) in [4.78, 5) is 0. The van der Waals surface area contributed by atoms with Crippen molar-refractivity contribution >= 4 is 0 Å². The molecule has 5 heteroatoms. The number of rotatable bonds is 5. The van der Waals surface area contributed by atoms with Crippen LogP contribution < -0.4 is 5.32 Å². The van der Waals surface area contributed by atoms with Gasteiger partial charge in [-0.2, -0.15) is 0 Å². The Kier molecular flexibility index (Phi) is 3.23. The smallest absolute Gasteiger partial charge is 0.168 e. The maximum atomic E-state index is 4.16. The number of tetrazole rings is 1. The summed E-state index contributed by atoms with van der Waals surface area (Å²) in [5.74, 6) is 0.968. The van der Waals surface area contributed by atoms with Gasteiger partial charge in [0.15, 0.2) is 5.82 Å². The van der Waals surface area contributed by atoms with Crippen LogP contribution in [0.5, 0.6) is 0 Å². The summed E-state index contributed by atoms with van der Waals surface area (Å²) in [7, 11) is 0. The Morgan fingerprint density at radius 3 is 2.81 bits per heavy atom. The van der Waals surface area contributed by atoms with E-state index in [4.69, 9.17) is 0 Å². The van der Waals surface area contributed by atoms with Gasteiger partial charge in [0.2, 0.25) is 0 Å². The zero-order valence-corrected chi connectivity index (χ0v) is 10.4. The van der Waals surface area contributed by atoms with E-state index in [0.29, 0.717) is 0 Å². The molecule has 1 aromatic heterocycles. The predicted octanol–water partition coefficient (Wildman–Crippen LogP) is 1.63. The van der Waals surface area contributed by atoms with Crippen molar-refractivity contribution in [1.82, 2.24) is 25.5 Å². The molecule has 0 aliphatic heterocycles. The fourth-order valence-corrected chi connectivity index (χ4v) is 2.20. The molecule has 0 spiro atoms. The zero-order valence-electron chi connectivity index (χ0n) is 10.4. The van der Waals surface area contributed by atoms with E-state index in [1.807, 2.05) is 4.68 Å². The first-order valence-corrected chi connectivity index (χ1v) is 6.19. The minimum Gasteiger partial charge on any atom is -0.307 e. The van der Waals surface area contributed by atoms with Gasteiger partial charge >= 0.3 is 0 Å². The molecule has 1 N–H and O–H groups in total. The quantitative estimate of drug-likeness (QED) is 0.824. The van der Waals surface area contributed by atoms with Gasteiger partial charge in [0.05, 0.1) is 11.6 Å². The Labute approximate surface area is 96.6 Å². The van der Waals surface area contributed by atoms with Crippen molar-refractivity contribution in [2.75, 3.05) is 6.54 Å². The largest absolute Gasteiger partial charge is 0.307 e. The number of hydrogen-bond acceptors (Lipinski definition) is 4. The van der Waals surface area contributed by atoms with Gasteiger partial charge in [0.25, 0.3) is 0 Å². The van der Waals surface area contributed by atoms with Crippen LogP contribution in [0.4, 0.5) is 0 Å². The van der Waals surface area contributed by atoms with Crippen molar-refractivity contribution in [2.24, 2.45) is 0 Å². The molecule has 1 saturated carbocycles. The lowest BCUT2D eigenvalue weighted by atomic mass is 9.78. The van der Waals surface area contributed by atoms with Crippen LogP contribution in [0.25, 0.3) is 0 Å². The van der Waals surface area contributed by atoms with Gasteiger partial charge in [0.1, 0.15) is 0 Å². The Balaban J connectivity index is 2.12. The van der Waals surface area contributed by atoms with E-state index in [-0.39, 0.29) is 11.6 Å². The first-order valence-electron chi connectivity index (χ1n) is 6.19. The summed E-state index contributed by atoms with van der Waals surface area (Å²) in [6, 6.07) is 0.229. The lowest BCUT2D eigenvalue weighted by Gasteiger charge is -2.39. The minimum atomic E-state index is 0.154. The Bertz CT molecular complexity index is 342. The van der Waals surface area contributed by atoms with Crippen LogP contribution in [0.1, 0.15) is 58.3 Å². The van der Waals surface area contributed by atoms with E-state index in [9.17, 15) is 0 Å². The van der Waals surface area contributed by atoms with Gasteiger partial charge < -0.3 is 5.32 Å². The van der Waals surface area contributed by atoms with Gasteiger partial charge in [-0.1, -0.05) is 6.92 Å². The molecule has 90 valence electrons. The third kappa shape index (κ3) is 1.96. The Morgan fingerprint density at radius 2 is 2.25 bits per heavy atom. The van der Waals surface area contributed by atoms with Gasteiger partial charge in [0, 0.05) is 0 Å². The topological polar surface area (TPSA) is 55.6 Å². The van der Waals surface area contributed by atoms with Crippen LogP contribution in [-0.2, 0) is 5.54 Å². The summed E-state index contributed by atoms with van der Waals surface area (Å²) in [6.07, 6.45) is 4.78. The number of nitrogens with one attached hydrogen (secondary N) is 1. The summed E-state index contributed by atoms with van der Waals surface area (Å²) in [5, 5.41) is 15.6. The molecule has 1 aliphatic carbocycles. The third-order valence-electron chi connectivity index (χ3n) is 3.52. The average molecular weight is 223 g/mol. The molecule has 1 aliphatic rings. The molecule has 1 unspecified atom stereocenters. The molecule has 2 rings (SSSR count). The van der Waals surface area contributed by atoms with Gasteiger partial charge in [-0.15, -0.1) is 5.10 Å². The molecule has 16 heavy (non-hydrogen) atoms. The molecule has 0 radical (unpaired) electrons. The third-order valence-corrected chi connectivity index (χ3v) is 3.52. The lowest BCUT2D eigenvalue weighted by Crippen LogP contribution is -2.40. The molecule has 0 aromatic carbocycles. The van der Waals surface area contributed by atoms with Gasteiger partial charge in [-0.05, 0) is 56.5 Å². The van der Waals surface area contributed by atoms with Crippen molar-refractivity contribution in [1.29, 1.82) is 0 Å². The Morgan fingerprint density at radius 1 is 1.50 bits per heavy atom. The van der Waals surface area contributed by atoms with E-state index in [2.05, 4.69) is 41.6 Å². The fraction of sp³-hybridized carbons (Fsp3) is 0.909. The molecular formula is C11H21N5. The van der Waals surface area contributed by atoms with Crippen molar-refractivity contribution in [3.05, 3.63) is 5.82 Å². The van der Waals surface area contributed by atoms with Crippen molar-refractivity contribution in [2.45, 2.75) is 58.0 Å². The second kappa shape index (κ2) is 4.49. The molecule has 1 heterocycles. The highest BCUT2D eigenvalue weighted by Gasteiger charge is 2.37. The second-order valence-electron chi connectivity index (χ2n) is 4.98. The van der Waals surface area contributed by atoms with E-state index in [0.717, 1.165) is 18.8 Å². The normalized spacial score (nSPS) is 20.4. The van der Waals surface area contributed by atoms with Crippen molar-refractivity contribution in [3.8, 4) is 0 Å². The minimum absolute atomic E-state index is 0.154. The van der Waals surface area contributed by atoms with E-state index in [1.165, 1.54) is 19.3 Å². The average Bonchev–Trinajstić information content (AvgIpc) is 2.71. The number of nitrogens with zero attached hydrogens (tertiary/aromatic N) is 4. The van der Waals surface area contributed by atoms with E-state index >= 15 is 0 Å². The summed E-state index contributed by atoms with van der Waals surface area (Å²) in [6.45, 7) is 7.53. The van der Waals surface area contributed by atoms with Crippen molar-refractivity contribution in [3.63, 3.8) is 0 Å². The van der Waals surface area contributed by atoms with E-state index in [1.54, 1.807) is 0 Å². The molecule has 0 amide bonds. The maximum absolute atomic E-state index is 4.16. The second-order valence-corrected chi connectivity index (χ2v) is 4.98. The lowest BCUT2D eigenvalue weighted by molar-refractivity contribution is 0.138. The van der Waals surface area contributed by atoms with Crippen LogP contribution in [-0.4, -0.2) is 26.8 Å². The highest BCUT2D eigenvalue weighted by molar-refractivity contribution is 4.99. The summed E-state index contributed by atoms with van der Waals surface area (Å²) in [5.41, 5.74) is 0.154. The predicted molar refractivity (Wildman–Crippen MR) is 62.0 cm³/mol. The SMILES string of the molecule is CCCNC(C)c1nnnn1C1(C)CCC1. The zero-order chi connectivity index (χ0) is 11.6. The molecule has 5 nitrogen and oxygen atoms in total. The molecule has 0 saturated heterocycles. The van der Waals surface area contributed by atoms with Crippen LogP contribution in [0.15, 0.2) is 0 Å². The highest BCUT2D eigenvalue weighted by atomic mass is 15.6. The van der Waals surface area contributed by atoms with Gasteiger partial charge in [-0.3, -0.25) is 0 Å². The number of aromatic nitrogens is 4. The Hall–Kier alpha value is -0.970. The van der Waals surface area contributed by atoms with Crippen LogP contribution in [0.3, 0.4) is 0 Å². The molecule has 1 fully saturated rings. The van der Waals surface area contributed by atoms with Crippen molar-refractivity contribution < 1.29 is 0 Å². The monoisotopic (exact) mass is 223 g/mol. The number of hydrogen-bond donors (Lipinski definition) is 1. The summed E-state index contributed by atoms with van der Waals surface area (Å²) >= 11 is 0. The first-order chi connectivity index (χ1) is 7.67.